The van der Waals surface area contributed by atoms with E-state index in [2.05, 4.69) is 52.5 Å². The summed E-state index contributed by atoms with van der Waals surface area (Å²) in [6, 6.07) is 8.35. The zero-order chi connectivity index (χ0) is 12.8. The van der Waals surface area contributed by atoms with E-state index in [0.29, 0.717) is 0 Å². The Bertz CT molecular complexity index is 482. The Hall–Kier alpha value is -1.94. The summed E-state index contributed by atoms with van der Waals surface area (Å²) >= 11 is 0. The Labute approximate surface area is 108 Å². The maximum absolute atomic E-state index is 4.01. The van der Waals surface area contributed by atoms with Gasteiger partial charge in [-0.3, -0.25) is 0 Å². The molecule has 0 fully saturated rings. The van der Waals surface area contributed by atoms with Crippen molar-refractivity contribution >= 4 is 5.69 Å². The van der Waals surface area contributed by atoms with Crippen LogP contribution in [0.25, 0.3) is 0 Å². The third kappa shape index (κ3) is 3.53. The number of nitrogens with zero attached hydrogens (tertiary/aromatic N) is 3. The Morgan fingerprint density at radius 1 is 1.11 bits per heavy atom. The Morgan fingerprint density at radius 3 is 2.56 bits per heavy atom. The van der Waals surface area contributed by atoms with Crippen molar-refractivity contribution in [1.82, 2.24) is 14.9 Å². The van der Waals surface area contributed by atoms with Crippen LogP contribution in [0.4, 0.5) is 5.69 Å². The second-order valence-electron chi connectivity index (χ2n) is 4.50. The van der Waals surface area contributed by atoms with Crippen LogP contribution in [-0.2, 0) is 13.1 Å². The molecule has 0 saturated heterocycles. The topological polar surface area (TPSA) is 41.0 Å². The lowest BCUT2D eigenvalue weighted by molar-refractivity contribution is 0.403. The molecular formula is C14H18N4. The summed E-state index contributed by atoms with van der Waals surface area (Å²) in [5.74, 6) is 0. The molecule has 1 aromatic carbocycles. The molecule has 0 spiro atoms. The van der Waals surface area contributed by atoms with Crippen molar-refractivity contribution < 1.29 is 0 Å². The van der Waals surface area contributed by atoms with E-state index >= 15 is 0 Å². The van der Waals surface area contributed by atoms with Crippen molar-refractivity contribution in [2.45, 2.75) is 13.1 Å². The minimum atomic E-state index is 0.741. The molecule has 0 aliphatic heterocycles. The van der Waals surface area contributed by atoms with Crippen LogP contribution in [0.3, 0.4) is 0 Å². The lowest BCUT2D eigenvalue weighted by atomic mass is 10.1. The first-order valence-electron chi connectivity index (χ1n) is 5.96. The van der Waals surface area contributed by atoms with Crippen LogP contribution in [0.5, 0.6) is 0 Å². The van der Waals surface area contributed by atoms with E-state index < -0.39 is 0 Å². The van der Waals surface area contributed by atoms with E-state index in [1.165, 1.54) is 5.56 Å². The fraction of sp³-hybridized carbons (Fsp3) is 0.286. The molecular weight excluding hydrogens is 224 g/mol. The number of benzene rings is 1. The lowest BCUT2D eigenvalue weighted by Crippen LogP contribution is -2.12. The van der Waals surface area contributed by atoms with Gasteiger partial charge in [0, 0.05) is 36.7 Å². The Morgan fingerprint density at radius 2 is 1.83 bits per heavy atom. The first-order chi connectivity index (χ1) is 8.75. The highest BCUT2D eigenvalue weighted by atomic mass is 15.1. The number of aromatic nitrogens is 2. The van der Waals surface area contributed by atoms with Gasteiger partial charge in [0.05, 0.1) is 0 Å². The largest absolute Gasteiger partial charge is 0.381 e. The highest BCUT2D eigenvalue weighted by molar-refractivity contribution is 5.51. The number of hydrogen-bond donors (Lipinski definition) is 1. The molecule has 0 aliphatic rings. The predicted molar refractivity (Wildman–Crippen MR) is 73.2 cm³/mol. The van der Waals surface area contributed by atoms with E-state index in [1.807, 2.05) is 18.5 Å². The fourth-order valence-corrected chi connectivity index (χ4v) is 1.79. The van der Waals surface area contributed by atoms with Crippen LogP contribution in [0.2, 0.25) is 0 Å². The van der Waals surface area contributed by atoms with Gasteiger partial charge >= 0.3 is 0 Å². The van der Waals surface area contributed by atoms with Crippen molar-refractivity contribution in [3.05, 3.63) is 54.1 Å². The second kappa shape index (κ2) is 6.12. The molecule has 0 amide bonds. The van der Waals surface area contributed by atoms with E-state index in [4.69, 9.17) is 0 Å². The summed E-state index contributed by atoms with van der Waals surface area (Å²) in [7, 11) is 4.14. The molecule has 1 heterocycles. The predicted octanol–water partition coefficient (Wildman–Crippen LogP) is 2.15. The van der Waals surface area contributed by atoms with Gasteiger partial charge < -0.3 is 10.2 Å². The molecule has 94 valence electrons. The van der Waals surface area contributed by atoms with E-state index in [1.54, 1.807) is 6.33 Å². The van der Waals surface area contributed by atoms with Gasteiger partial charge in [0.25, 0.3) is 0 Å². The minimum absolute atomic E-state index is 0.741. The van der Waals surface area contributed by atoms with Crippen LogP contribution >= 0.6 is 0 Å². The molecule has 0 unspecified atom stereocenters. The normalized spacial score (nSPS) is 10.6. The van der Waals surface area contributed by atoms with Gasteiger partial charge in [-0.25, -0.2) is 9.97 Å². The summed E-state index contributed by atoms with van der Waals surface area (Å²) in [6.07, 6.45) is 5.20. The average molecular weight is 242 g/mol. The van der Waals surface area contributed by atoms with Crippen molar-refractivity contribution in [3.8, 4) is 0 Å². The second-order valence-corrected chi connectivity index (χ2v) is 4.50. The zero-order valence-electron chi connectivity index (χ0n) is 10.8. The van der Waals surface area contributed by atoms with Crippen LogP contribution in [0, 0.1) is 0 Å². The third-order valence-electron chi connectivity index (χ3n) is 2.60. The van der Waals surface area contributed by atoms with E-state index in [-0.39, 0.29) is 0 Å². The molecule has 4 nitrogen and oxygen atoms in total. The van der Waals surface area contributed by atoms with E-state index in [0.717, 1.165) is 24.3 Å². The first kappa shape index (κ1) is 12.5. The Balaban J connectivity index is 2.05. The standard InChI is InChI=1S/C14H18N4/c1-18(2)10-13-5-3-4-6-14(13)17-9-12-7-15-11-16-8-12/h3-8,11,17H,9-10H2,1-2H3. The quantitative estimate of drug-likeness (QED) is 0.872. The van der Waals surface area contributed by atoms with E-state index in [9.17, 15) is 0 Å². The number of hydrogen-bond acceptors (Lipinski definition) is 4. The summed E-state index contributed by atoms with van der Waals surface area (Å²) in [5, 5.41) is 3.43. The molecule has 0 bridgehead atoms. The lowest BCUT2D eigenvalue weighted by Gasteiger charge is -2.15. The monoisotopic (exact) mass is 242 g/mol. The van der Waals surface area contributed by atoms with Gasteiger partial charge in [-0.2, -0.15) is 0 Å². The molecule has 2 rings (SSSR count). The molecule has 0 aliphatic carbocycles. The van der Waals surface area contributed by atoms with Crippen LogP contribution in [0.15, 0.2) is 43.0 Å². The number of rotatable bonds is 5. The highest BCUT2D eigenvalue weighted by Gasteiger charge is 2.02. The number of para-hydroxylation sites is 1. The third-order valence-corrected chi connectivity index (χ3v) is 2.60. The molecule has 18 heavy (non-hydrogen) atoms. The van der Waals surface area contributed by atoms with Crippen molar-refractivity contribution in [2.75, 3.05) is 19.4 Å². The van der Waals surface area contributed by atoms with Crippen molar-refractivity contribution in [3.63, 3.8) is 0 Å². The molecule has 1 aromatic heterocycles. The minimum Gasteiger partial charge on any atom is -0.381 e. The maximum Gasteiger partial charge on any atom is 0.115 e. The molecule has 0 saturated carbocycles. The van der Waals surface area contributed by atoms with Gasteiger partial charge in [0.1, 0.15) is 6.33 Å². The molecule has 2 aromatic rings. The smallest absolute Gasteiger partial charge is 0.115 e. The van der Waals surface area contributed by atoms with Crippen LogP contribution in [-0.4, -0.2) is 29.0 Å². The van der Waals surface area contributed by atoms with Gasteiger partial charge in [-0.15, -0.1) is 0 Å². The average Bonchev–Trinajstić information content (AvgIpc) is 2.38. The number of nitrogens with one attached hydrogen (secondary N) is 1. The number of anilines is 1. The first-order valence-corrected chi connectivity index (χ1v) is 5.96. The van der Waals surface area contributed by atoms with Gasteiger partial charge in [0.15, 0.2) is 0 Å². The van der Waals surface area contributed by atoms with Gasteiger partial charge in [-0.1, -0.05) is 18.2 Å². The van der Waals surface area contributed by atoms with Crippen LogP contribution < -0.4 is 5.32 Å². The van der Waals surface area contributed by atoms with Crippen molar-refractivity contribution in [2.24, 2.45) is 0 Å². The zero-order valence-corrected chi connectivity index (χ0v) is 10.8. The van der Waals surface area contributed by atoms with Gasteiger partial charge in [0.2, 0.25) is 0 Å². The molecule has 0 atom stereocenters. The Kier molecular flexibility index (Phi) is 4.25. The van der Waals surface area contributed by atoms with Crippen LogP contribution in [0.1, 0.15) is 11.1 Å². The maximum atomic E-state index is 4.01. The molecule has 1 N–H and O–H groups in total. The molecule has 4 heteroatoms. The van der Waals surface area contributed by atoms with Gasteiger partial charge in [-0.05, 0) is 25.7 Å². The summed E-state index contributed by atoms with van der Waals surface area (Å²) in [6.45, 7) is 1.67. The van der Waals surface area contributed by atoms with Crippen molar-refractivity contribution in [1.29, 1.82) is 0 Å². The SMILES string of the molecule is CN(C)Cc1ccccc1NCc1cncnc1. The fourth-order valence-electron chi connectivity index (χ4n) is 1.79. The summed E-state index contributed by atoms with van der Waals surface area (Å²) in [4.78, 5) is 10.2. The summed E-state index contributed by atoms with van der Waals surface area (Å²) in [5.41, 5.74) is 3.53. The summed E-state index contributed by atoms with van der Waals surface area (Å²) < 4.78 is 0. The molecule has 0 radical (unpaired) electrons. The highest BCUT2D eigenvalue weighted by Crippen LogP contribution is 2.17.